The van der Waals surface area contributed by atoms with Crippen molar-refractivity contribution in [2.24, 2.45) is 5.92 Å². The lowest BCUT2D eigenvalue weighted by atomic mass is 10.1. The second kappa shape index (κ2) is 5.76. The predicted octanol–water partition coefficient (Wildman–Crippen LogP) is 3.13. The molecule has 1 aromatic heterocycles. The van der Waals surface area contributed by atoms with E-state index in [1.807, 2.05) is 0 Å². The monoisotopic (exact) mass is 258 g/mol. The number of aromatic nitrogens is 1. The standard InChI is InChI=1S/C16H22N2O/c1-2-17-10-14-5-6-15-7-8-18(16(15)9-14)12-19-11-13-3-4-13/h5-9,13,17H,2-4,10-12H2,1H3. The molecule has 1 aromatic carbocycles. The second-order valence-electron chi connectivity index (χ2n) is 5.40. The van der Waals surface area contributed by atoms with Gasteiger partial charge in [-0.05, 0) is 48.4 Å². The van der Waals surface area contributed by atoms with Crippen LogP contribution in [0.4, 0.5) is 0 Å². The Morgan fingerprint density at radius 3 is 3.00 bits per heavy atom. The number of nitrogens with one attached hydrogen (secondary N) is 1. The topological polar surface area (TPSA) is 26.2 Å². The van der Waals surface area contributed by atoms with Gasteiger partial charge < -0.3 is 14.6 Å². The number of benzene rings is 1. The van der Waals surface area contributed by atoms with Crippen LogP contribution in [0.1, 0.15) is 25.3 Å². The van der Waals surface area contributed by atoms with E-state index in [-0.39, 0.29) is 0 Å². The van der Waals surface area contributed by atoms with Crippen molar-refractivity contribution in [1.29, 1.82) is 0 Å². The first kappa shape index (κ1) is 12.7. The summed E-state index contributed by atoms with van der Waals surface area (Å²) in [5, 5.41) is 4.65. The van der Waals surface area contributed by atoms with E-state index in [0.29, 0.717) is 6.73 Å². The third kappa shape index (κ3) is 3.17. The van der Waals surface area contributed by atoms with Gasteiger partial charge in [-0.25, -0.2) is 0 Å². The lowest BCUT2D eigenvalue weighted by Crippen LogP contribution is -2.11. The van der Waals surface area contributed by atoms with Crippen molar-refractivity contribution in [3.05, 3.63) is 36.0 Å². The van der Waals surface area contributed by atoms with Gasteiger partial charge in [0.05, 0.1) is 12.1 Å². The van der Waals surface area contributed by atoms with Gasteiger partial charge in [-0.2, -0.15) is 0 Å². The van der Waals surface area contributed by atoms with Crippen LogP contribution in [0.2, 0.25) is 0 Å². The Morgan fingerprint density at radius 2 is 2.21 bits per heavy atom. The molecule has 0 amide bonds. The van der Waals surface area contributed by atoms with Crippen LogP contribution < -0.4 is 5.32 Å². The van der Waals surface area contributed by atoms with E-state index in [4.69, 9.17) is 4.74 Å². The summed E-state index contributed by atoms with van der Waals surface area (Å²) in [6.07, 6.45) is 4.81. The second-order valence-corrected chi connectivity index (χ2v) is 5.40. The molecule has 3 nitrogen and oxygen atoms in total. The average molecular weight is 258 g/mol. The van der Waals surface area contributed by atoms with Crippen molar-refractivity contribution in [2.45, 2.75) is 33.0 Å². The predicted molar refractivity (Wildman–Crippen MR) is 78.0 cm³/mol. The fourth-order valence-corrected chi connectivity index (χ4v) is 2.32. The summed E-state index contributed by atoms with van der Waals surface area (Å²) in [6, 6.07) is 8.81. The van der Waals surface area contributed by atoms with Gasteiger partial charge in [0.25, 0.3) is 0 Å². The van der Waals surface area contributed by atoms with Gasteiger partial charge in [0.1, 0.15) is 6.73 Å². The van der Waals surface area contributed by atoms with Crippen LogP contribution in [0.25, 0.3) is 10.9 Å². The van der Waals surface area contributed by atoms with E-state index in [1.165, 1.54) is 29.3 Å². The quantitative estimate of drug-likeness (QED) is 0.825. The molecule has 1 fully saturated rings. The number of hydrogen-bond acceptors (Lipinski definition) is 2. The summed E-state index contributed by atoms with van der Waals surface area (Å²) < 4.78 is 7.98. The number of hydrogen-bond donors (Lipinski definition) is 1. The Labute approximate surface area is 114 Å². The lowest BCUT2D eigenvalue weighted by molar-refractivity contribution is 0.0718. The molecular formula is C16H22N2O. The zero-order chi connectivity index (χ0) is 13.1. The molecule has 2 aromatic rings. The molecule has 0 spiro atoms. The van der Waals surface area contributed by atoms with Crippen LogP contribution >= 0.6 is 0 Å². The number of nitrogens with zero attached hydrogens (tertiary/aromatic N) is 1. The normalized spacial score (nSPS) is 15.2. The molecule has 1 saturated carbocycles. The fourth-order valence-electron chi connectivity index (χ4n) is 2.32. The molecule has 0 aliphatic heterocycles. The smallest absolute Gasteiger partial charge is 0.122 e. The highest BCUT2D eigenvalue weighted by Gasteiger charge is 2.21. The Morgan fingerprint density at radius 1 is 1.32 bits per heavy atom. The van der Waals surface area contributed by atoms with Crippen LogP contribution in [0.5, 0.6) is 0 Å². The first-order valence-corrected chi connectivity index (χ1v) is 7.23. The summed E-state index contributed by atoms with van der Waals surface area (Å²) in [6.45, 7) is 5.65. The van der Waals surface area contributed by atoms with Gasteiger partial charge in [-0.15, -0.1) is 0 Å². The van der Waals surface area contributed by atoms with Crippen LogP contribution in [0.3, 0.4) is 0 Å². The van der Waals surface area contributed by atoms with Gasteiger partial charge in [0.15, 0.2) is 0 Å². The summed E-state index contributed by atoms with van der Waals surface area (Å²) in [5.74, 6) is 0.825. The maximum absolute atomic E-state index is 5.78. The number of rotatable bonds is 7. The van der Waals surface area contributed by atoms with Crippen LogP contribution in [0, 0.1) is 5.92 Å². The minimum Gasteiger partial charge on any atom is -0.360 e. The van der Waals surface area contributed by atoms with Crippen molar-refractivity contribution in [1.82, 2.24) is 9.88 Å². The van der Waals surface area contributed by atoms with Gasteiger partial charge in [-0.1, -0.05) is 19.1 Å². The molecule has 0 radical (unpaired) electrons. The first-order valence-electron chi connectivity index (χ1n) is 7.23. The van der Waals surface area contributed by atoms with Crippen molar-refractivity contribution in [3.8, 4) is 0 Å². The van der Waals surface area contributed by atoms with Crippen molar-refractivity contribution >= 4 is 10.9 Å². The van der Waals surface area contributed by atoms with E-state index in [9.17, 15) is 0 Å². The highest BCUT2D eigenvalue weighted by Crippen LogP contribution is 2.29. The Bertz CT molecular complexity index is 543. The molecule has 0 unspecified atom stereocenters. The molecule has 0 bridgehead atoms. The minimum absolute atomic E-state index is 0.671. The molecule has 1 aliphatic carbocycles. The fraction of sp³-hybridized carbons (Fsp3) is 0.500. The van der Waals surface area contributed by atoms with Crippen LogP contribution in [-0.4, -0.2) is 17.7 Å². The third-order valence-electron chi connectivity index (χ3n) is 3.70. The van der Waals surface area contributed by atoms with Crippen LogP contribution in [-0.2, 0) is 18.0 Å². The zero-order valence-electron chi connectivity index (χ0n) is 11.6. The van der Waals surface area contributed by atoms with Gasteiger partial charge in [0, 0.05) is 12.7 Å². The zero-order valence-corrected chi connectivity index (χ0v) is 11.6. The summed E-state index contributed by atoms with van der Waals surface area (Å²) in [7, 11) is 0. The Balaban J connectivity index is 1.70. The highest BCUT2D eigenvalue weighted by atomic mass is 16.5. The molecule has 0 atom stereocenters. The van der Waals surface area contributed by atoms with E-state index < -0.39 is 0 Å². The maximum Gasteiger partial charge on any atom is 0.122 e. The third-order valence-corrected chi connectivity index (χ3v) is 3.70. The molecule has 1 aliphatic rings. The molecule has 3 heteroatoms. The number of fused-ring (bicyclic) bond motifs is 1. The molecular weight excluding hydrogens is 236 g/mol. The SMILES string of the molecule is CCNCc1ccc2ccn(COCC3CC3)c2c1. The van der Waals surface area contributed by atoms with Crippen LogP contribution in [0.15, 0.2) is 30.5 Å². The average Bonchev–Trinajstić information content (AvgIpc) is 3.17. The lowest BCUT2D eigenvalue weighted by Gasteiger charge is -2.08. The van der Waals surface area contributed by atoms with E-state index >= 15 is 0 Å². The van der Waals surface area contributed by atoms with Crippen molar-refractivity contribution in [3.63, 3.8) is 0 Å². The van der Waals surface area contributed by atoms with Gasteiger partial charge >= 0.3 is 0 Å². The van der Waals surface area contributed by atoms with E-state index in [2.05, 4.69) is 47.3 Å². The van der Waals surface area contributed by atoms with Gasteiger partial charge in [-0.3, -0.25) is 0 Å². The summed E-state index contributed by atoms with van der Waals surface area (Å²) in [4.78, 5) is 0. The maximum atomic E-state index is 5.78. The molecule has 19 heavy (non-hydrogen) atoms. The largest absolute Gasteiger partial charge is 0.360 e. The van der Waals surface area contributed by atoms with Crippen molar-refractivity contribution in [2.75, 3.05) is 13.2 Å². The molecule has 3 rings (SSSR count). The van der Waals surface area contributed by atoms with E-state index in [0.717, 1.165) is 25.6 Å². The Kier molecular flexibility index (Phi) is 3.85. The summed E-state index contributed by atoms with van der Waals surface area (Å²) in [5.41, 5.74) is 2.60. The summed E-state index contributed by atoms with van der Waals surface area (Å²) >= 11 is 0. The number of ether oxygens (including phenoxy) is 1. The molecule has 1 heterocycles. The Hall–Kier alpha value is -1.32. The molecule has 0 saturated heterocycles. The molecule has 1 N–H and O–H groups in total. The van der Waals surface area contributed by atoms with Crippen molar-refractivity contribution < 1.29 is 4.74 Å². The van der Waals surface area contributed by atoms with Gasteiger partial charge in [0.2, 0.25) is 0 Å². The molecule has 102 valence electrons. The highest BCUT2D eigenvalue weighted by molar-refractivity contribution is 5.80. The first-order chi connectivity index (χ1) is 9.36. The van der Waals surface area contributed by atoms with E-state index in [1.54, 1.807) is 0 Å². The minimum atomic E-state index is 0.671.